The highest BCUT2D eigenvalue weighted by molar-refractivity contribution is 7.99. The molecular weight excluding hydrogens is 250 g/mol. The minimum atomic E-state index is -0.980. The van der Waals surface area contributed by atoms with Gasteiger partial charge in [-0.05, 0) is 18.1 Å². The van der Waals surface area contributed by atoms with E-state index in [1.165, 1.54) is 0 Å². The molecule has 1 atom stereocenters. The summed E-state index contributed by atoms with van der Waals surface area (Å²) in [4.78, 5) is 17.3. The number of nitrogens with two attached hydrogens (primary N) is 1. The first kappa shape index (κ1) is 13.2. The molecule has 1 aliphatic heterocycles. The number of carboxylic acids is 1. The molecule has 1 saturated heterocycles. The second-order valence-electron chi connectivity index (χ2n) is 4.27. The first-order valence-electron chi connectivity index (χ1n) is 5.93. The standard InChI is InChI=1S/C12H17N3O2S/c13-10(12(16)17)7-9-1-2-11(14-8-9)15-3-5-18-6-4-15/h1-2,8,10H,3-7,13H2,(H,16,17). The van der Waals surface area contributed by atoms with E-state index in [1.807, 2.05) is 23.9 Å². The molecule has 98 valence electrons. The Bertz CT molecular complexity index is 404. The molecule has 2 heterocycles. The molecule has 1 fully saturated rings. The molecule has 1 aliphatic rings. The second-order valence-corrected chi connectivity index (χ2v) is 5.50. The fourth-order valence-electron chi connectivity index (χ4n) is 1.86. The van der Waals surface area contributed by atoms with Crippen molar-refractivity contribution in [1.29, 1.82) is 0 Å². The maximum absolute atomic E-state index is 10.7. The van der Waals surface area contributed by atoms with Gasteiger partial charge < -0.3 is 15.7 Å². The molecule has 1 aromatic heterocycles. The lowest BCUT2D eigenvalue weighted by molar-refractivity contribution is -0.138. The Morgan fingerprint density at radius 2 is 2.22 bits per heavy atom. The molecule has 1 unspecified atom stereocenters. The van der Waals surface area contributed by atoms with Crippen LogP contribution in [0.3, 0.4) is 0 Å². The van der Waals surface area contributed by atoms with Crippen molar-refractivity contribution in [3.05, 3.63) is 23.9 Å². The number of carbonyl (C=O) groups is 1. The van der Waals surface area contributed by atoms with Crippen LogP contribution in [-0.2, 0) is 11.2 Å². The van der Waals surface area contributed by atoms with E-state index in [4.69, 9.17) is 10.8 Å². The minimum absolute atomic E-state index is 0.318. The van der Waals surface area contributed by atoms with Crippen molar-refractivity contribution in [2.24, 2.45) is 5.73 Å². The number of aliphatic carboxylic acids is 1. The average Bonchev–Trinajstić information content (AvgIpc) is 2.40. The minimum Gasteiger partial charge on any atom is -0.480 e. The number of aromatic nitrogens is 1. The van der Waals surface area contributed by atoms with Gasteiger partial charge in [0.15, 0.2) is 0 Å². The quantitative estimate of drug-likeness (QED) is 0.831. The number of pyridine rings is 1. The number of carboxylic acid groups (broad SMARTS) is 1. The summed E-state index contributed by atoms with van der Waals surface area (Å²) in [6.07, 6.45) is 2.04. The van der Waals surface area contributed by atoms with E-state index in [9.17, 15) is 4.79 Å². The Kier molecular flexibility index (Phi) is 4.43. The normalized spacial score (nSPS) is 17.5. The molecule has 3 N–H and O–H groups in total. The zero-order chi connectivity index (χ0) is 13.0. The van der Waals surface area contributed by atoms with Crippen molar-refractivity contribution >= 4 is 23.5 Å². The predicted molar refractivity (Wildman–Crippen MR) is 73.1 cm³/mol. The van der Waals surface area contributed by atoms with Gasteiger partial charge in [-0.15, -0.1) is 0 Å². The second kappa shape index (κ2) is 6.06. The van der Waals surface area contributed by atoms with Gasteiger partial charge in [0.2, 0.25) is 0 Å². The molecule has 6 heteroatoms. The lowest BCUT2D eigenvalue weighted by atomic mass is 10.1. The summed E-state index contributed by atoms with van der Waals surface area (Å²) in [5, 5.41) is 8.75. The van der Waals surface area contributed by atoms with Crippen molar-refractivity contribution in [1.82, 2.24) is 4.98 Å². The molecular formula is C12H17N3O2S. The van der Waals surface area contributed by atoms with E-state index >= 15 is 0 Å². The van der Waals surface area contributed by atoms with E-state index < -0.39 is 12.0 Å². The summed E-state index contributed by atoms with van der Waals surface area (Å²) >= 11 is 1.96. The molecule has 0 amide bonds. The van der Waals surface area contributed by atoms with Crippen LogP contribution in [0.15, 0.2) is 18.3 Å². The Morgan fingerprint density at radius 1 is 1.50 bits per heavy atom. The Labute approximate surface area is 110 Å². The Morgan fingerprint density at radius 3 is 2.78 bits per heavy atom. The third-order valence-corrected chi connectivity index (χ3v) is 3.86. The van der Waals surface area contributed by atoms with Gasteiger partial charge in [-0.3, -0.25) is 4.79 Å². The smallest absolute Gasteiger partial charge is 0.320 e. The fraction of sp³-hybridized carbons (Fsp3) is 0.500. The van der Waals surface area contributed by atoms with Crippen molar-refractivity contribution in [2.75, 3.05) is 29.5 Å². The molecule has 1 aromatic rings. The third-order valence-electron chi connectivity index (χ3n) is 2.92. The van der Waals surface area contributed by atoms with Gasteiger partial charge in [0.25, 0.3) is 0 Å². The summed E-state index contributed by atoms with van der Waals surface area (Å²) in [5.41, 5.74) is 6.35. The fourth-order valence-corrected chi connectivity index (χ4v) is 2.76. The van der Waals surface area contributed by atoms with Crippen LogP contribution in [-0.4, -0.2) is 46.7 Å². The van der Waals surface area contributed by atoms with Gasteiger partial charge in [-0.25, -0.2) is 4.98 Å². The third kappa shape index (κ3) is 3.36. The molecule has 18 heavy (non-hydrogen) atoms. The van der Waals surface area contributed by atoms with Crippen molar-refractivity contribution in [2.45, 2.75) is 12.5 Å². The molecule has 2 rings (SSSR count). The van der Waals surface area contributed by atoms with Crippen LogP contribution < -0.4 is 10.6 Å². The molecule has 5 nitrogen and oxygen atoms in total. The molecule has 0 saturated carbocycles. The molecule has 0 aromatic carbocycles. The highest BCUT2D eigenvalue weighted by Crippen LogP contribution is 2.17. The summed E-state index contributed by atoms with van der Waals surface area (Å²) in [6.45, 7) is 2.04. The zero-order valence-electron chi connectivity index (χ0n) is 10.1. The van der Waals surface area contributed by atoms with E-state index in [-0.39, 0.29) is 0 Å². The summed E-state index contributed by atoms with van der Waals surface area (Å²) < 4.78 is 0. The summed E-state index contributed by atoms with van der Waals surface area (Å²) in [6, 6.07) is 3.00. The number of nitrogens with zero attached hydrogens (tertiary/aromatic N) is 2. The molecule has 0 radical (unpaired) electrons. The van der Waals surface area contributed by atoms with Gasteiger partial charge in [0.05, 0.1) is 0 Å². The Balaban J connectivity index is 1.98. The summed E-state index contributed by atoms with van der Waals surface area (Å²) in [5.74, 6) is 2.25. The molecule has 0 bridgehead atoms. The van der Waals surface area contributed by atoms with Crippen molar-refractivity contribution in [3.63, 3.8) is 0 Å². The van der Waals surface area contributed by atoms with Crippen LogP contribution in [0.25, 0.3) is 0 Å². The largest absolute Gasteiger partial charge is 0.480 e. The average molecular weight is 267 g/mol. The van der Waals surface area contributed by atoms with Crippen molar-refractivity contribution < 1.29 is 9.90 Å². The highest BCUT2D eigenvalue weighted by atomic mass is 32.2. The predicted octanol–water partition coefficient (Wildman–Crippen LogP) is 0.589. The van der Waals surface area contributed by atoms with Crippen molar-refractivity contribution in [3.8, 4) is 0 Å². The van der Waals surface area contributed by atoms with Crippen LogP contribution in [0.4, 0.5) is 5.82 Å². The number of hydrogen-bond donors (Lipinski definition) is 2. The lowest BCUT2D eigenvalue weighted by Gasteiger charge is -2.27. The maximum Gasteiger partial charge on any atom is 0.320 e. The number of anilines is 1. The Hall–Kier alpha value is -1.27. The maximum atomic E-state index is 10.7. The number of rotatable bonds is 4. The van der Waals surface area contributed by atoms with Crippen LogP contribution in [0.2, 0.25) is 0 Å². The van der Waals surface area contributed by atoms with Gasteiger partial charge in [0, 0.05) is 30.8 Å². The monoisotopic (exact) mass is 267 g/mol. The zero-order valence-corrected chi connectivity index (χ0v) is 10.9. The van der Waals surface area contributed by atoms with Gasteiger partial charge >= 0.3 is 5.97 Å². The van der Waals surface area contributed by atoms with Gasteiger partial charge in [0.1, 0.15) is 11.9 Å². The van der Waals surface area contributed by atoms with E-state index in [1.54, 1.807) is 6.20 Å². The molecule has 0 spiro atoms. The topological polar surface area (TPSA) is 79.5 Å². The van der Waals surface area contributed by atoms with E-state index in [0.717, 1.165) is 36.0 Å². The van der Waals surface area contributed by atoms with Crippen LogP contribution >= 0.6 is 11.8 Å². The van der Waals surface area contributed by atoms with Crippen LogP contribution in [0, 0.1) is 0 Å². The first-order chi connectivity index (χ1) is 8.66. The van der Waals surface area contributed by atoms with E-state index in [0.29, 0.717) is 6.42 Å². The highest BCUT2D eigenvalue weighted by Gasteiger charge is 2.14. The number of hydrogen-bond acceptors (Lipinski definition) is 5. The lowest BCUT2D eigenvalue weighted by Crippen LogP contribution is -2.33. The first-order valence-corrected chi connectivity index (χ1v) is 7.08. The molecule has 0 aliphatic carbocycles. The van der Waals surface area contributed by atoms with Gasteiger partial charge in [-0.2, -0.15) is 11.8 Å². The van der Waals surface area contributed by atoms with Gasteiger partial charge in [-0.1, -0.05) is 6.07 Å². The van der Waals surface area contributed by atoms with E-state index in [2.05, 4.69) is 9.88 Å². The summed E-state index contributed by atoms with van der Waals surface area (Å²) in [7, 11) is 0. The van der Waals surface area contributed by atoms with Crippen LogP contribution in [0.5, 0.6) is 0 Å². The van der Waals surface area contributed by atoms with Crippen LogP contribution in [0.1, 0.15) is 5.56 Å². The SMILES string of the molecule is NC(Cc1ccc(N2CCSCC2)nc1)C(=O)O. The number of thioether (sulfide) groups is 1.